The summed E-state index contributed by atoms with van der Waals surface area (Å²) in [6, 6.07) is 9.97. The summed E-state index contributed by atoms with van der Waals surface area (Å²) in [6.07, 6.45) is 0. The zero-order valence-electron chi connectivity index (χ0n) is 16.1. The Morgan fingerprint density at radius 1 is 1.12 bits per heavy atom. The number of rotatable bonds is 7. The third-order valence-corrected chi connectivity index (χ3v) is 4.85. The molecule has 0 unspecified atom stereocenters. The quantitative estimate of drug-likeness (QED) is 0.181. The minimum atomic E-state index is -0.730. The lowest BCUT2D eigenvalue weighted by Crippen LogP contribution is -2.23. The highest BCUT2D eigenvalue weighted by molar-refractivity contribution is 7.99. The number of hydrogen-bond donors (Lipinski definition) is 4. The lowest BCUT2D eigenvalue weighted by molar-refractivity contribution is -0.384. The summed E-state index contributed by atoms with van der Waals surface area (Å²) in [7, 11) is 0. The molecule has 0 atom stereocenters. The summed E-state index contributed by atoms with van der Waals surface area (Å²) < 4.78 is 13.0. The molecule has 0 aliphatic rings. The van der Waals surface area contributed by atoms with Crippen LogP contribution in [0.25, 0.3) is 0 Å². The van der Waals surface area contributed by atoms with E-state index < -0.39 is 28.1 Å². The molecule has 0 spiro atoms. The summed E-state index contributed by atoms with van der Waals surface area (Å²) in [5.74, 6) is -2.03. The van der Waals surface area contributed by atoms with Gasteiger partial charge in [-0.3, -0.25) is 29.5 Å². The van der Waals surface area contributed by atoms with Gasteiger partial charge in [-0.1, -0.05) is 11.8 Å². The molecule has 5 N–H and O–H groups in total. The number of thioether (sulfide) groups is 1. The van der Waals surface area contributed by atoms with E-state index in [2.05, 4.69) is 20.6 Å². The van der Waals surface area contributed by atoms with Gasteiger partial charge < -0.3 is 16.4 Å². The van der Waals surface area contributed by atoms with E-state index in [4.69, 9.17) is 5.73 Å². The molecule has 3 rings (SSSR count). The van der Waals surface area contributed by atoms with Gasteiger partial charge in [0, 0.05) is 23.4 Å². The summed E-state index contributed by atoms with van der Waals surface area (Å²) in [4.78, 5) is 53.0. The highest BCUT2D eigenvalue weighted by atomic mass is 32.2. The minimum absolute atomic E-state index is 0.0473. The normalized spacial score (nSPS) is 10.4. The Morgan fingerprint density at radius 3 is 2.38 bits per heavy atom. The molecule has 0 saturated carbocycles. The Hall–Kier alpha value is -4.26. The first-order valence-corrected chi connectivity index (χ1v) is 9.85. The molecule has 2 amide bonds. The summed E-state index contributed by atoms with van der Waals surface area (Å²) in [6.45, 7) is 0. The molecule has 0 fully saturated rings. The molecule has 13 heteroatoms. The van der Waals surface area contributed by atoms with Crippen molar-refractivity contribution < 1.29 is 18.9 Å². The van der Waals surface area contributed by atoms with Crippen molar-refractivity contribution in [2.45, 2.75) is 5.16 Å². The number of nitrogens with one attached hydrogen (secondary N) is 3. The van der Waals surface area contributed by atoms with Crippen LogP contribution in [0, 0.1) is 15.9 Å². The number of nitrogens with two attached hydrogens (primary N) is 1. The average Bonchev–Trinajstić information content (AvgIpc) is 2.75. The fourth-order valence-electron chi connectivity index (χ4n) is 2.44. The highest BCUT2D eigenvalue weighted by Gasteiger charge is 2.15. The van der Waals surface area contributed by atoms with E-state index in [-0.39, 0.29) is 33.7 Å². The third kappa shape index (κ3) is 5.66. The number of carbonyl (C=O) groups excluding carboxylic acids is 2. The van der Waals surface area contributed by atoms with Crippen molar-refractivity contribution in [2.24, 2.45) is 0 Å². The van der Waals surface area contributed by atoms with Crippen LogP contribution in [-0.4, -0.2) is 32.5 Å². The van der Waals surface area contributed by atoms with E-state index in [9.17, 15) is 28.9 Å². The van der Waals surface area contributed by atoms with Crippen molar-refractivity contribution in [3.05, 3.63) is 80.4 Å². The number of benzene rings is 2. The average molecular weight is 458 g/mol. The van der Waals surface area contributed by atoms with Gasteiger partial charge in [0.15, 0.2) is 11.0 Å². The molecule has 0 aliphatic carbocycles. The minimum Gasteiger partial charge on any atom is -0.382 e. The van der Waals surface area contributed by atoms with Gasteiger partial charge in [-0.25, -0.2) is 9.37 Å². The van der Waals surface area contributed by atoms with Crippen LogP contribution >= 0.6 is 11.8 Å². The summed E-state index contributed by atoms with van der Waals surface area (Å²) in [5, 5.41) is 15.6. The number of nitro benzene ring substituents is 1. The Kier molecular flexibility index (Phi) is 6.80. The van der Waals surface area contributed by atoms with E-state index >= 15 is 0 Å². The number of nitrogen functional groups attached to an aromatic ring is 1. The predicted molar refractivity (Wildman–Crippen MR) is 116 cm³/mol. The number of non-ortho nitro benzene ring substituents is 1. The Labute approximate surface area is 183 Å². The zero-order chi connectivity index (χ0) is 23.3. The van der Waals surface area contributed by atoms with Gasteiger partial charge in [0.25, 0.3) is 17.2 Å². The van der Waals surface area contributed by atoms with E-state index in [1.54, 1.807) is 0 Å². The van der Waals surface area contributed by atoms with Gasteiger partial charge in [0.05, 0.1) is 10.7 Å². The molecule has 2 aromatic carbocycles. The second-order valence-electron chi connectivity index (χ2n) is 6.23. The molecule has 3 aromatic rings. The first-order valence-electron chi connectivity index (χ1n) is 8.87. The number of halogens is 1. The van der Waals surface area contributed by atoms with Crippen LogP contribution in [0.2, 0.25) is 0 Å². The molecule has 11 nitrogen and oxygen atoms in total. The zero-order valence-corrected chi connectivity index (χ0v) is 16.9. The molecular weight excluding hydrogens is 443 g/mol. The Morgan fingerprint density at radius 2 is 1.78 bits per heavy atom. The number of anilines is 3. The van der Waals surface area contributed by atoms with Crippen molar-refractivity contribution in [3.63, 3.8) is 0 Å². The number of carbonyl (C=O) groups is 2. The van der Waals surface area contributed by atoms with Crippen LogP contribution in [0.5, 0.6) is 0 Å². The number of nitrogens with zero attached hydrogens (tertiary/aromatic N) is 2. The van der Waals surface area contributed by atoms with Crippen molar-refractivity contribution in [3.8, 4) is 0 Å². The molecule has 164 valence electrons. The van der Waals surface area contributed by atoms with Crippen LogP contribution in [0.1, 0.15) is 10.4 Å². The standard InChI is InChI=1S/C19H15FN6O5S/c20-11-3-1-10(2-4-11)17(28)23-15-16(21)24-19(25-18(15)29)32-9-14(27)22-12-5-7-13(8-6-12)26(30)31/h1-8H,9H2,(H,22,27)(H,23,28)(H3,21,24,25,29). The van der Waals surface area contributed by atoms with E-state index in [0.717, 1.165) is 23.9 Å². The predicted octanol–water partition coefficient (Wildman–Crippen LogP) is 2.38. The number of nitro groups is 1. The number of aromatic amines is 1. The monoisotopic (exact) mass is 458 g/mol. The van der Waals surface area contributed by atoms with Gasteiger partial charge in [-0.2, -0.15) is 0 Å². The second-order valence-corrected chi connectivity index (χ2v) is 7.20. The summed E-state index contributed by atoms with van der Waals surface area (Å²) in [5.41, 5.74) is 5.13. The van der Waals surface area contributed by atoms with Crippen molar-refractivity contribution in [1.82, 2.24) is 9.97 Å². The molecule has 0 saturated heterocycles. The first kappa shape index (κ1) is 22.4. The van der Waals surface area contributed by atoms with Gasteiger partial charge >= 0.3 is 0 Å². The molecule has 1 heterocycles. The maximum Gasteiger partial charge on any atom is 0.277 e. The summed E-state index contributed by atoms with van der Waals surface area (Å²) >= 11 is 0.888. The molecule has 0 radical (unpaired) electrons. The maximum atomic E-state index is 13.0. The van der Waals surface area contributed by atoms with Crippen LogP contribution in [0.3, 0.4) is 0 Å². The van der Waals surface area contributed by atoms with Crippen LogP contribution in [0.15, 0.2) is 58.5 Å². The lowest BCUT2D eigenvalue weighted by atomic mass is 10.2. The van der Waals surface area contributed by atoms with Crippen LogP contribution < -0.4 is 21.9 Å². The molecule has 0 bridgehead atoms. The highest BCUT2D eigenvalue weighted by Crippen LogP contribution is 2.19. The SMILES string of the molecule is Nc1nc(SCC(=O)Nc2ccc([N+](=O)[O-])cc2)[nH]c(=O)c1NC(=O)c1ccc(F)cc1. The van der Waals surface area contributed by atoms with Crippen molar-refractivity contribution in [1.29, 1.82) is 0 Å². The van der Waals surface area contributed by atoms with Gasteiger partial charge in [-0.05, 0) is 36.4 Å². The number of amides is 2. The Balaban J connectivity index is 1.61. The van der Waals surface area contributed by atoms with Gasteiger partial charge in [-0.15, -0.1) is 0 Å². The lowest BCUT2D eigenvalue weighted by Gasteiger charge is -2.09. The number of hydrogen-bond acceptors (Lipinski definition) is 8. The van der Waals surface area contributed by atoms with Crippen molar-refractivity contribution in [2.75, 3.05) is 22.1 Å². The molecular formula is C19H15FN6O5S. The third-order valence-electron chi connectivity index (χ3n) is 3.97. The Bertz CT molecular complexity index is 1230. The van der Waals surface area contributed by atoms with Gasteiger partial charge in [0.2, 0.25) is 5.91 Å². The van der Waals surface area contributed by atoms with Crippen LogP contribution in [-0.2, 0) is 4.79 Å². The van der Waals surface area contributed by atoms with Crippen molar-refractivity contribution >= 4 is 46.5 Å². The van der Waals surface area contributed by atoms with E-state index in [0.29, 0.717) is 5.69 Å². The fraction of sp³-hybridized carbons (Fsp3) is 0.0526. The molecule has 0 aliphatic heterocycles. The van der Waals surface area contributed by atoms with Crippen LogP contribution in [0.4, 0.5) is 27.3 Å². The number of aromatic nitrogens is 2. The molecule has 32 heavy (non-hydrogen) atoms. The van der Waals surface area contributed by atoms with E-state index in [1.807, 2.05) is 0 Å². The maximum absolute atomic E-state index is 13.0. The first-order chi connectivity index (χ1) is 15.2. The van der Waals surface area contributed by atoms with Gasteiger partial charge in [0.1, 0.15) is 11.5 Å². The smallest absolute Gasteiger partial charge is 0.277 e. The largest absolute Gasteiger partial charge is 0.382 e. The van der Waals surface area contributed by atoms with E-state index in [1.165, 1.54) is 36.4 Å². The molecule has 1 aromatic heterocycles. The second kappa shape index (κ2) is 9.70. The number of H-pyrrole nitrogens is 1. The fourth-order valence-corrected chi connectivity index (χ4v) is 3.11. The topological polar surface area (TPSA) is 173 Å².